The Kier molecular flexibility index (Phi) is 3.26. The molecule has 8 heteroatoms. The molecule has 0 unspecified atom stereocenters. The molecule has 0 fully saturated rings. The Morgan fingerprint density at radius 1 is 1.53 bits per heavy atom. The Bertz CT molecular complexity index is 498. The van der Waals surface area contributed by atoms with Crippen LogP contribution in [0.4, 0.5) is 5.69 Å². The number of amides is 1. The molecule has 4 N–H and O–H groups in total. The first kappa shape index (κ1) is 11.0. The van der Waals surface area contributed by atoms with E-state index in [0.29, 0.717) is 17.1 Å². The van der Waals surface area contributed by atoms with E-state index < -0.39 is 0 Å². The summed E-state index contributed by atoms with van der Waals surface area (Å²) in [7, 11) is 0. The second-order valence-corrected chi connectivity index (χ2v) is 3.10. The number of hydrazine groups is 1. The largest absolute Gasteiger partial charge is 0.344 e. The number of hydrogen-bond donors (Lipinski definition) is 3. The zero-order valence-corrected chi connectivity index (χ0v) is 8.75. The van der Waals surface area contributed by atoms with E-state index in [1.54, 1.807) is 6.07 Å². The molecule has 0 aliphatic carbocycles. The van der Waals surface area contributed by atoms with Crippen molar-refractivity contribution in [3.63, 3.8) is 0 Å². The van der Waals surface area contributed by atoms with Crippen LogP contribution in [0.5, 0.6) is 0 Å². The van der Waals surface area contributed by atoms with Crippen molar-refractivity contribution in [1.82, 2.24) is 20.4 Å². The lowest BCUT2D eigenvalue weighted by Crippen LogP contribution is -2.25. The van der Waals surface area contributed by atoms with Crippen LogP contribution in [0, 0.1) is 0 Å². The Morgan fingerprint density at radius 3 is 3.12 bits per heavy atom. The molecule has 0 saturated carbocycles. The fourth-order valence-electron chi connectivity index (χ4n) is 1.23. The molecule has 0 atom stereocenters. The van der Waals surface area contributed by atoms with Gasteiger partial charge in [-0.3, -0.25) is 15.6 Å². The van der Waals surface area contributed by atoms with Gasteiger partial charge in [0, 0.05) is 12.4 Å². The Labute approximate surface area is 96.2 Å². The summed E-state index contributed by atoms with van der Waals surface area (Å²) in [5.41, 5.74) is 3.26. The minimum absolute atomic E-state index is 0.175. The van der Waals surface area contributed by atoms with Crippen LogP contribution in [-0.4, -0.2) is 21.0 Å². The second kappa shape index (κ2) is 5.03. The average Bonchev–Trinajstić information content (AvgIpc) is 2.89. The molecule has 0 aliphatic rings. The van der Waals surface area contributed by atoms with E-state index in [9.17, 15) is 4.79 Å². The van der Waals surface area contributed by atoms with E-state index in [1.807, 2.05) is 0 Å². The molecular weight excluding hydrogens is 224 g/mol. The maximum Gasteiger partial charge on any atom is 0.255 e. The molecule has 0 bridgehead atoms. The molecule has 88 valence electrons. The molecule has 1 amide bonds. The molecule has 0 saturated heterocycles. The monoisotopic (exact) mass is 234 g/mol. The van der Waals surface area contributed by atoms with Crippen LogP contribution < -0.4 is 16.6 Å². The molecule has 8 nitrogen and oxygen atoms in total. The summed E-state index contributed by atoms with van der Waals surface area (Å²) in [5, 5.41) is 6.18. The predicted octanol–water partition coefficient (Wildman–Crippen LogP) is -0.320. The predicted molar refractivity (Wildman–Crippen MR) is 57.5 cm³/mol. The van der Waals surface area contributed by atoms with Crippen LogP contribution in [-0.2, 0) is 6.54 Å². The quantitative estimate of drug-likeness (QED) is 0.490. The normalized spacial score (nSPS) is 9.94. The number of anilines is 1. The summed E-state index contributed by atoms with van der Waals surface area (Å²) in [4.78, 5) is 19.4. The van der Waals surface area contributed by atoms with Crippen molar-refractivity contribution in [2.45, 2.75) is 6.54 Å². The third-order valence-corrected chi connectivity index (χ3v) is 2.04. The van der Waals surface area contributed by atoms with Gasteiger partial charge < -0.3 is 15.3 Å². The summed E-state index contributed by atoms with van der Waals surface area (Å²) in [5.74, 6) is 5.35. The van der Waals surface area contributed by atoms with Crippen molar-refractivity contribution in [3.05, 3.63) is 36.2 Å². The number of carbonyl (C=O) groups excluding carboxylic acids is 1. The average molecular weight is 234 g/mol. The second-order valence-electron chi connectivity index (χ2n) is 3.10. The van der Waals surface area contributed by atoms with Crippen molar-refractivity contribution in [1.29, 1.82) is 0 Å². The molecule has 0 aromatic carbocycles. The molecule has 0 aliphatic heterocycles. The van der Waals surface area contributed by atoms with Gasteiger partial charge in [0.15, 0.2) is 5.82 Å². The van der Waals surface area contributed by atoms with Gasteiger partial charge in [-0.05, 0) is 6.07 Å². The van der Waals surface area contributed by atoms with Gasteiger partial charge in [0.2, 0.25) is 6.39 Å². The van der Waals surface area contributed by atoms with Gasteiger partial charge >= 0.3 is 0 Å². The Hall–Kier alpha value is -2.48. The van der Waals surface area contributed by atoms with E-state index in [4.69, 9.17) is 5.84 Å². The number of nitrogens with one attached hydrogen (secondary N) is 2. The van der Waals surface area contributed by atoms with Crippen LogP contribution in [0.3, 0.4) is 0 Å². The van der Waals surface area contributed by atoms with E-state index >= 15 is 0 Å². The van der Waals surface area contributed by atoms with Gasteiger partial charge in [-0.25, -0.2) is 0 Å². The minimum atomic E-state index is -0.323. The third kappa shape index (κ3) is 2.55. The zero-order chi connectivity index (χ0) is 12.1. The minimum Gasteiger partial charge on any atom is -0.344 e. The first-order valence-corrected chi connectivity index (χ1v) is 4.75. The lowest BCUT2D eigenvalue weighted by Gasteiger charge is -2.07. The van der Waals surface area contributed by atoms with Gasteiger partial charge in [-0.15, -0.1) is 0 Å². The molecule has 2 aromatic rings. The SMILES string of the molecule is NNc1ccncc1C(=O)NCc1ncon1. The van der Waals surface area contributed by atoms with Crippen molar-refractivity contribution < 1.29 is 9.32 Å². The van der Waals surface area contributed by atoms with Gasteiger partial charge in [0.05, 0.1) is 17.8 Å². The fourth-order valence-corrected chi connectivity index (χ4v) is 1.23. The number of nitrogens with two attached hydrogens (primary N) is 1. The van der Waals surface area contributed by atoms with E-state index in [2.05, 4.69) is 30.4 Å². The maximum atomic E-state index is 11.8. The summed E-state index contributed by atoms with van der Waals surface area (Å²) < 4.78 is 4.54. The number of carbonyl (C=O) groups is 1. The van der Waals surface area contributed by atoms with E-state index in [-0.39, 0.29) is 12.5 Å². The highest BCUT2D eigenvalue weighted by Gasteiger charge is 2.11. The van der Waals surface area contributed by atoms with Gasteiger partial charge in [0.25, 0.3) is 5.91 Å². The lowest BCUT2D eigenvalue weighted by atomic mass is 10.2. The number of pyridine rings is 1. The number of hydrogen-bond acceptors (Lipinski definition) is 7. The lowest BCUT2D eigenvalue weighted by molar-refractivity contribution is 0.0950. The zero-order valence-electron chi connectivity index (χ0n) is 8.75. The third-order valence-electron chi connectivity index (χ3n) is 2.04. The summed E-state index contributed by atoms with van der Waals surface area (Å²) in [6.45, 7) is 0.175. The van der Waals surface area contributed by atoms with Crippen LogP contribution >= 0.6 is 0 Å². The number of aromatic nitrogens is 3. The summed E-state index contributed by atoms with van der Waals surface area (Å²) in [6, 6.07) is 1.60. The smallest absolute Gasteiger partial charge is 0.255 e. The van der Waals surface area contributed by atoms with Crippen LogP contribution in [0.25, 0.3) is 0 Å². The molecular formula is C9H10N6O2. The molecule has 0 spiro atoms. The number of nitrogen functional groups attached to an aromatic ring is 1. The highest BCUT2D eigenvalue weighted by molar-refractivity contribution is 5.99. The first-order chi connectivity index (χ1) is 8.31. The van der Waals surface area contributed by atoms with Crippen molar-refractivity contribution in [2.75, 3.05) is 5.43 Å². The van der Waals surface area contributed by atoms with Crippen LogP contribution in [0.2, 0.25) is 0 Å². The fraction of sp³-hybridized carbons (Fsp3) is 0.111. The van der Waals surface area contributed by atoms with Crippen LogP contribution in [0.1, 0.15) is 16.2 Å². The van der Waals surface area contributed by atoms with Crippen molar-refractivity contribution in [3.8, 4) is 0 Å². The Morgan fingerprint density at radius 2 is 2.41 bits per heavy atom. The van der Waals surface area contributed by atoms with Gasteiger partial charge in [-0.1, -0.05) is 5.16 Å². The highest BCUT2D eigenvalue weighted by atomic mass is 16.5. The van der Waals surface area contributed by atoms with E-state index in [0.717, 1.165) is 0 Å². The van der Waals surface area contributed by atoms with Crippen molar-refractivity contribution >= 4 is 11.6 Å². The maximum absolute atomic E-state index is 11.8. The summed E-state index contributed by atoms with van der Waals surface area (Å²) in [6.07, 6.45) is 4.14. The van der Waals surface area contributed by atoms with E-state index in [1.165, 1.54) is 18.8 Å². The molecule has 2 heterocycles. The molecule has 0 radical (unpaired) electrons. The number of nitrogens with zero attached hydrogens (tertiary/aromatic N) is 3. The molecule has 17 heavy (non-hydrogen) atoms. The van der Waals surface area contributed by atoms with Gasteiger partial charge in [-0.2, -0.15) is 4.98 Å². The summed E-state index contributed by atoms with van der Waals surface area (Å²) >= 11 is 0. The Balaban J connectivity index is 2.04. The molecule has 2 aromatic heterocycles. The molecule has 2 rings (SSSR count). The van der Waals surface area contributed by atoms with Crippen LogP contribution in [0.15, 0.2) is 29.4 Å². The number of rotatable bonds is 4. The van der Waals surface area contributed by atoms with Gasteiger partial charge in [0.1, 0.15) is 0 Å². The first-order valence-electron chi connectivity index (χ1n) is 4.75. The standard InChI is InChI=1S/C9H10N6O2/c10-14-7-1-2-11-3-6(7)9(16)12-4-8-13-5-17-15-8/h1-3,5H,4,10H2,(H,11,14)(H,12,16). The highest BCUT2D eigenvalue weighted by Crippen LogP contribution is 2.11. The topological polar surface area (TPSA) is 119 Å². The van der Waals surface area contributed by atoms with Crippen molar-refractivity contribution in [2.24, 2.45) is 5.84 Å².